The molecule has 8 nitrogen and oxygen atoms in total. The van der Waals surface area contributed by atoms with E-state index in [2.05, 4.69) is 10.6 Å². The molecule has 2 amide bonds. The number of esters is 1. The van der Waals surface area contributed by atoms with Crippen LogP contribution >= 0.6 is 0 Å². The number of carbonyl (C=O) groups is 3. The van der Waals surface area contributed by atoms with E-state index in [-0.39, 0.29) is 6.42 Å². The standard InChI is InChI=1S/C22H24N2O6/c1-14(21(26)23-12-11-15-7-9-16(28-2)10-8-15)29-20(25)13-19-22(27)24-17-5-3-4-6-18(17)30-19/h3-10,14,19H,11-13H2,1-2H3,(H,23,26)(H,24,27)/t14-,19-/m0/s1. The molecule has 2 atom stereocenters. The molecular formula is C22H24N2O6. The van der Waals surface area contributed by atoms with Crippen molar-refractivity contribution in [2.24, 2.45) is 0 Å². The number of para-hydroxylation sites is 2. The second-order valence-corrected chi connectivity index (χ2v) is 6.82. The topological polar surface area (TPSA) is 103 Å². The van der Waals surface area contributed by atoms with Crippen molar-refractivity contribution < 1.29 is 28.6 Å². The Morgan fingerprint density at radius 1 is 1.17 bits per heavy atom. The van der Waals surface area contributed by atoms with E-state index >= 15 is 0 Å². The third-order valence-corrected chi connectivity index (χ3v) is 4.61. The maximum absolute atomic E-state index is 12.2. The first-order valence-electron chi connectivity index (χ1n) is 9.63. The number of carbonyl (C=O) groups excluding carboxylic acids is 3. The van der Waals surface area contributed by atoms with Crippen molar-refractivity contribution in [3.8, 4) is 11.5 Å². The fraction of sp³-hybridized carbons (Fsp3) is 0.318. The summed E-state index contributed by atoms with van der Waals surface area (Å²) in [5.41, 5.74) is 1.60. The van der Waals surface area contributed by atoms with Crippen molar-refractivity contribution in [2.45, 2.75) is 32.0 Å². The lowest BCUT2D eigenvalue weighted by Gasteiger charge is -2.25. The summed E-state index contributed by atoms with van der Waals surface area (Å²) in [7, 11) is 1.60. The van der Waals surface area contributed by atoms with Gasteiger partial charge in [-0.1, -0.05) is 24.3 Å². The SMILES string of the molecule is COc1ccc(CCNC(=O)[C@H](C)OC(=O)C[C@@H]2Oc3ccccc3NC2=O)cc1. The van der Waals surface area contributed by atoms with Gasteiger partial charge in [0.25, 0.3) is 11.8 Å². The fourth-order valence-corrected chi connectivity index (χ4v) is 2.94. The highest BCUT2D eigenvalue weighted by Gasteiger charge is 2.31. The number of amides is 2. The molecule has 0 bridgehead atoms. The van der Waals surface area contributed by atoms with Gasteiger partial charge in [0.15, 0.2) is 12.2 Å². The van der Waals surface area contributed by atoms with Crippen LogP contribution in [-0.2, 0) is 25.5 Å². The van der Waals surface area contributed by atoms with Crippen molar-refractivity contribution >= 4 is 23.5 Å². The zero-order valence-corrected chi connectivity index (χ0v) is 16.8. The van der Waals surface area contributed by atoms with E-state index < -0.39 is 30.0 Å². The van der Waals surface area contributed by atoms with Crippen LogP contribution in [0.4, 0.5) is 5.69 Å². The molecule has 0 saturated carbocycles. The van der Waals surface area contributed by atoms with Gasteiger partial charge >= 0.3 is 5.97 Å². The molecule has 158 valence electrons. The molecule has 0 aromatic heterocycles. The van der Waals surface area contributed by atoms with Gasteiger partial charge in [-0.15, -0.1) is 0 Å². The van der Waals surface area contributed by atoms with Crippen molar-refractivity contribution in [1.29, 1.82) is 0 Å². The van der Waals surface area contributed by atoms with E-state index in [0.717, 1.165) is 11.3 Å². The summed E-state index contributed by atoms with van der Waals surface area (Å²) in [4.78, 5) is 36.4. The minimum Gasteiger partial charge on any atom is -0.497 e. The van der Waals surface area contributed by atoms with Gasteiger partial charge in [0, 0.05) is 6.54 Å². The van der Waals surface area contributed by atoms with Crippen LogP contribution in [0.3, 0.4) is 0 Å². The first-order valence-corrected chi connectivity index (χ1v) is 9.63. The number of hydrogen-bond donors (Lipinski definition) is 2. The predicted molar refractivity (Wildman–Crippen MR) is 109 cm³/mol. The number of hydrogen-bond acceptors (Lipinski definition) is 6. The van der Waals surface area contributed by atoms with E-state index in [4.69, 9.17) is 14.2 Å². The molecule has 30 heavy (non-hydrogen) atoms. The van der Waals surface area contributed by atoms with Crippen LogP contribution in [0.5, 0.6) is 11.5 Å². The Kier molecular flexibility index (Phi) is 6.90. The highest BCUT2D eigenvalue weighted by Crippen LogP contribution is 2.29. The van der Waals surface area contributed by atoms with Crippen LogP contribution in [-0.4, -0.2) is 43.6 Å². The van der Waals surface area contributed by atoms with Crippen LogP contribution in [0.1, 0.15) is 18.9 Å². The Bertz CT molecular complexity index is 912. The van der Waals surface area contributed by atoms with E-state index in [9.17, 15) is 14.4 Å². The zero-order chi connectivity index (χ0) is 21.5. The van der Waals surface area contributed by atoms with Gasteiger partial charge in [-0.25, -0.2) is 0 Å². The smallest absolute Gasteiger partial charge is 0.310 e. The lowest BCUT2D eigenvalue weighted by Crippen LogP contribution is -2.41. The maximum atomic E-state index is 12.2. The Labute approximate surface area is 174 Å². The van der Waals surface area contributed by atoms with Crippen LogP contribution < -0.4 is 20.1 Å². The zero-order valence-electron chi connectivity index (χ0n) is 16.8. The Morgan fingerprint density at radius 3 is 2.63 bits per heavy atom. The molecule has 2 aromatic rings. The van der Waals surface area contributed by atoms with E-state index in [1.807, 2.05) is 24.3 Å². The summed E-state index contributed by atoms with van der Waals surface area (Å²) >= 11 is 0. The first-order chi connectivity index (χ1) is 14.5. The van der Waals surface area contributed by atoms with Crippen molar-refractivity contribution in [1.82, 2.24) is 5.32 Å². The van der Waals surface area contributed by atoms with Crippen LogP contribution in [0.25, 0.3) is 0 Å². The molecule has 0 saturated heterocycles. The number of ether oxygens (including phenoxy) is 3. The number of benzene rings is 2. The summed E-state index contributed by atoms with van der Waals surface area (Å²) in [6, 6.07) is 14.5. The lowest BCUT2D eigenvalue weighted by molar-refractivity contribution is -0.157. The second-order valence-electron chi connectivity index (χ2n) is 6.82. The monoisotopic (exact) mass is 412 g/mol. The number of fused-ring (bicyclic) bond motifs is 1. The lowest BCUT2D eigenvalue weighted by atomic mass is 10.1. The number of rotatable bonds is 8. The average Bonchev–Trinajstić information content (AvgIpc) is 2.74. The molecule has 0 spiro atoms. The van der Waals surface area contributed by atoms with Gasteiger partial charge in [0.05, 0.1) is 19.2 Å². The van der Waals surface area contributed by atoms with E-state index in [1.54, 1.807) is 31.4 Å². The molecule has 1 heterocycles. The number of nitrogens with one attached hydrogen (secondary N) is 2. The Balaban J connectivity index is 1.42. The normalized spacial score (nSPS) is 15.8. The first kappa shape index (κ1) is 21.2. The van der Waals surface area contributed by atoms with E-state index in [0.29, 0.717) is 24.4 Å². The third-order valence-electron chi connectivity index (χ3n) is 4.61. The minimum absolute atomic E-state index is 0.288. The molecule has 0 unspecified atom stereocenters. The summed E-state index contributed by atoms with van der Waals surface area (Å²) in [6.45, 7) is 1.88. The summed E-state index contributed by atoms with van der Waals surface area (Å²) < 4.78 is 15.8. The third kappa shape index (κ3) is 5.50. The average molecular weight is 412 g/mol. The largest absolute Gasteiger partial charge is 0.497 e. The van der Waals surface area contributed by atoms with E-state index in [1.165, 1.54) is 6.92 Å². The number of anilines is 1. The Morgan fingerprint density at radius 2 is 1.90 bits per heavy atom. The van der Waals surface area contributed by atoms with Crippen molar-refractivity contribution in [3.63, 3.8) is 0 Å². The van der Waals surface area contributed by atoms with Gasteiger partial charge in [0.1, 0.15) is 11.5 Å². The van der Waals surface area contributed by atoms with Crippen LogP contribution in [0, 0.1) is 0 Å². The van der Waals surface area contributed by atoms with Crippen LogP contribution in [0.2, 0.25) is 0 Å². The number of methoxy groups -OCH3 is 1. The Hall–Kier alpha value is -3.55. The van der Waals surface area contributed by atoms with Gasteiger partial charge in [-0.05, 0) is 43.2 Å². The summed E-state index contributed by atoms with van der Waals surface area (Å²) in [6.07, 6.45) is -1.64. The molecule has 8 heteroatoms. The molecule has 1 aliphatic rings. The van der Waals surface area contributed by atoms with Crippen molar-refractivity contribution in [2.75, 3.05) is 19.0 Å². The van der Waals surface area contributed by atoms with Gasteiger partial charge in [0.2, 0.25) is 0 Å². The molecule has 1 aliphatic heterocycles. The fourth-order valence-electron chi connectivity index (χ4n) is 2.94. The predicted octanol–water partition coefficient (Wildman–Crippen LogP) is 2.08. The highest BCUT2D eigenvalue weighted by atomic mass is 16.6. The minimum atomic E-state index is -1.00. The quantitative estimate of drug-likeness (QED) is 0.644. The van der Waals surface area contributed by atoms with Gasteiger partial charge in [-0.3, -0.25) is 14.4 Å². The second kappa shape index (κ2) is 9.78. The molecule has 3 rings (SSSR count). The van der Waals surface area contributed by atoms with Gasteiger partial charge in [-0.2, -0.15) is 0 Å². The molecule has 0 radical (unpaired) electrons. The summed E-state index contributed by atoms with van der Waals surface area (Å²) in [5.74, 6) is -0.271. The highest BCUT2D eigenvalue weighted by molar-refractivity contribution is 5.99. The molecular weight excluding hydrogens is 388 g/mol. The maximum Gasteiger partial charge on any atom is 0.310 e. The van der Waals surface area contributed by atoms with Gasteiger partial charge < -0.3 is 24.8 Å². The molecule has 2 aromatic carbocycles. The van der Waals surface area contributed by atoms with Crippen LogP contribution in [0.15, 0.2) is 48.5 Å². The molecule has 0 fully saturated rings. The van der Waals surface area contributed by atoms with Crippen molar-refractivity contribution in [3.05, 3.63) is 54.1 Å². The molecule has 2 N–H and O–H groups in total. The molecule has 0 aliphatic carbocycles. The summed E-state index contributed by atoms with van der Waals surface area (Å²) in [5, 5.41) is 5.42.